The molecule has 6 rings (SSSR count). The molecule has 0 N–H and O–H groups in total. The Hall–Kier alpha value is -2.70. The molecule has 0 aliphatic rings. The normalized spacial score (nSPS) is 12.1. The molecule has 4 aromatic carbocycles. The third kappa shape index (κ3) is 7.39. The highest BCUT2D eigenvalue weighted by Gasteiger charge is 2.21. The number of rotatable bonds is 6. The predicted octanol–water partition coefficient (Wildman–Crippen LogP) is 11.0. The molecule has 0 saturated carbocycles. The summed E-state index contributed by atoms with van der Waals surface area (Å²) in [4.78, 5) is 25.0. The van der Waals surface area contributed by atoms with Crippen LogP contribution in [0.4, 0.5) is 0 Å². The van der Waals surface area contributed by atoms with Gasteiger partial charge in [0.05, 0.1) is 25.0 Å². The third-order valence-corrected chi connectivity index (χ3v) is 13.4. The van der Waals surface area contributed by atoms with Crippen molar-refractivity contribution in [3.63, 3.8) is 0 Å². The molecule has 0 saturated heterocycles. The highest BCUT2D eigenvalue weighted by atomic mass is 127. The van der Waals surface area contributed by atoms with Gasteiger partial charge in [-0.15, -0.1) is 0 Å². The fourth-order valence-corrected chi connectivity index (χ4v) is 7.50. The molecule has 2 aromatic heterocycles. The van der Waals surface area contributed by atoms with Crippen LogP contribution >= 0.6 is 90.4 Å². The van der Waals surface area contributed by atoms with E-state index >= 15 is 0 Å². The number of methoxy groups -OCH3 is 2. The molecule has 0 aliphatic heterocycles. The molecule has 0 atom stereocenters. The highest BCUT2D eigenvalue weighted by molar-refractivity contribution is 14.1. The maximum Gasteiger partial charge on any atom is 0.348 e. The van der Waals surface area contributed by atoms with Gasteiger partial charge in [-0.05, 0) is 126 Å². The van der Waals surface area contributed by atoms with Gasteiger partial charge in [0.2, 0.25) is 0 Å². The lowest BCUT2D eigenvalue weighted by molar-refractivity contribution is 0.411. The smallest absolute Gasteiger partial charge is 0.348 e. The lowest BCUT2D eigenvalue weighted by Gasteiger charge is -2.11. The zero-order valence-corrected chi connectivity index (χ0v) is 33.0. The average Bonchev–Trinajstić information content (AvgIpc) is 3.10. The first-order valence-electron chi connectivity index (χ1n) is 13.7. The summed E-state index contributed by atoms with van der Waals surface area (Å²) in [6.07, 6.45) is 0. The van der Waals surface area contributed by atoms with E-state index in [0.717, 1.165) is 36.2 Å². The fourth-order valence-electron chi connectivity index (χ4n) is 4.69. The van der Waals surface area contributed by atoms with Crippen molar-refractivity contribution in [2.45, 2.75) is 0 Å². The van der Waals surface area contributed by atoms with Crippen LogP contribution in [0.2, 0.25) is 0 Å². The zero-order valence-electron chi connectivity index (χ0n) is 24.4. The topological polar surface area (TPSA) is 78.9 Å². The summed E-state index contributed by atoms with van der Waals surface area (Å²) in [5, 5.41) is 1.58. The van der Waals surface area contributed by atoms with Crippen molar-refractivity contribution in [1.29, 1.82) is 0 Å². The zero-order chi connectivity index (χ0) is 32.8. The van der Waals surface area contributed by atoms with E-state index in [1.165, 1.54) is 0 Å². The first-order valence-corrected chi connectivity index (χ1v) is 18.0. The van der Waals surface area contributed by atoms with Gasteiger partial charge in [-0.1, -0.05) is 84.9 Å². The summed E-state index contributed by atoms with van der Waals surface area (Å²) in [6, 6.07) is 34.6. The van der Waals surface area contributed by atoms with E-state index in [1.807, 2.05) is 97.1 Å². The average molecular weight is 1060 g/mol. The molecule has 0 bridgehead atoms. The predicted molar refractivity (Wildman–Crippen MR) is 221 cm³/mol. The number of hydrogen-bond acceptors (Lipinski definition) is 6. The molecule has 6 nitrogen and oxygen atoms in total. The summed E-state index contributed by atoms with van der Waals surface area (Å²) < 4.78 is 25.6. The molecule has 0 amide bonds. The van der Waals surface area contributed by atoms with Gasteiger partial charge >= 0.3 is 11.3 Å². The third-order valence-electron chi connectivity index (χ3n) is 6.82. The van der Waals surface area contributed by atoms with E-state index in [2.05, 4.69) is 90.4 Å². The Kier molecular flexibility index (Phi) is 12.0. The lowest BCUT2D eigenvalue weighted by Crippen LogP contribution is -2.08. The molecule has 0 fully saturated rings. The van der Waals surface area contributed by atoms with Crippen molar-refractivity contribution in [2.24, 2.45) is 0 Å². The second-order valence-corrected chi connectivity index (χ2v) is 13.9. The van der Waals surface area contributed by atoms with Gasteiger partial charge in [0.25, 0.3) is 0 Å². The number of para-hydroxylation sites is 2. The van der Waals surface area contributed by atoms with E-state index in [-0.39, 0.29) is 0 Å². The van der Waals surface area contributed by atoms with E-state index in [9.17, 15) is 9.59 Å². The molecular formula is C36H24I4O6. The van der Waals surface area contributed by atoms with E-state index < -0.39 is 11.3 Å². The van der Waals surface area contributed by atoms with Crippen molar-refractivity contribution in [3.05, 3.63) is 152 Å². The number of benzene rings is 4. The van der Waals surface area contributed by atoms with Crippen LogP contribution in [0.15, 0.2) is 128 Å². The first kappa shape index (κ1) is 34.6. The standard InChI is InChI=1S/2C18H12I2O3/c2*1-22-17-12-9-5-6-10-13(12)23-18(21)14(17)16(20)15(19)11-7-3-2-4-8-11/h2*2-10H,1H3/b2*16-15+. The first-order chi connectivity index (χ1) is 22.3. The lowest BCUT2D eigenvalue weighted by atomic mass is 10.1. The molecule has 6 aromatic rings. The van der Waals surface area contributed by atoms with Gasteiger partial charge < -0.3 is 18.3 Å². The Labute approximate surface area is 319 Å². The summed E-state index contributed by atoms with van der Waals surface area (Å²) in [6.45, 7) is 0. The largest absolute Gasteiger partial charge is 0.495 e. The number of hydrogen-bond donors (Lipinski definition) is 0. The minimum atomic E-state index is -0.393. The summed E-state index contributed by atoms with van der Waals surface area (Å²) in [5.74, 6) is 1.10. The maximum atomic E-state index is 12.5. The molecule has 232 valence electrons. The summed E-state index contributed by atoms with van der Waals surface area (Å²) in [7, 11) is 3.15. The van der Waals surface area contributed by atoms with Gasteiger partial charge in [-0.25, -0.2) is 9.59 Å². The highest BCUT2D eigenvalue weighted by Crippen LogP contribution is 2.42. The van der Waals surface area contributed by atoms with Crippen LogP contribution in [0.1, 0.15) is 22.3 Å². The number of halogens is 4. The second kappa shape index (κ2) is 15.9. The SMILES string of the molecule is COc1c(/C(I)=C(\I)c2ccccc2)c(=O)oc2ccccc12.COc1c(/C(I)=C(\I)c2ccccc2)c(=O)oc2ccccc12. The maximum absolute atomic E-state index is 12.5. The minimum Gasteiger partial charge on any atom is -0.495 e. The molecule has 0 aliphatic carbocycles. The van der Waals surface area contributed by atoms with Gasteiger partial charge in [-0.2, -0.15) is 0 Å². The van der Waals surface area contributed by atoms with Crippen LogP contribution < -0.4 is 20.7 Å². The van der Waals surface area contributed by atoms with Gasteiger partial charge in [-0.3, -0.25) is 0 Å². The van der Waals surface area contributed by atoms with Crippen LogP contribution in [0.25, 0.3) is 36.3 Å². The van der Waals surface area contributed by atoms with Gasteiger partial charge in [0.15, 0.2) is 0 Å². The molecule has 10 heteroatoms. The minimum absolute atomic E-state index is 0.393. The van der Waals surface area contributed by atoms with E-state index in [0.29, 0.717) is 33.8 Å². The Morgan fingerprint density at radius 2 is 0.804 bits per heavy atom. The summed E-state index contributed by atoms with van der Waals surface area (Å²) in [5.41, 5.74) is 3.28. The quantitative estimate of drug-likeness (QED) is 0.122. The molecule has 2 heterocycles. The Morgan fingerprint density at radius 3 is 1.15 bits per heavy atom. The second-order valence-electron chi connectivity index (χ2n) is 9.58. The van der Waals surface area contributed by atoms with Crippen molar-refractivity contribution in [2.75, 3.05) is 14.2 Å². The van der Waals surface area contributed by atoms with Crippen molar-refractivity contribution < 1.29 is 18.3 Å². The monoisotopic (exact) mass is 1060 g/mol. The Bertz CT molecular complexity index is 2050. The fraction of sp³-hybridized carbons (Fsp3) is 0.0556. The van der Waals surface area contributed by atoms with Crippen LogP contribution in [0, 0.1) is 0 Å². The molecule has 0 radical (unpaired) electrons. The van der Waals surface area contributed by atoms with Crippen molar-refractivity contribution in [1.82, 2.24) is 0 Å². The van der Waals surface area contributed by atoms with Crippen LogP contribution in [-0.4, -0.2) is 14.2 Å². The molecule has 0 unspecified atom stereocenters. The molecule has 46 heavy (non-hydrogen) atoms. The number of fused-ring (bicyclic) bond motifs is 2. The Balaban J connectivity index is 0.000000181. The summed E-state index contributed by atoms with van der Waals surface area (Å²) >= 11 is 8.85. The number of ether oxygens (including phenoxy) is 2. The Morgan fingerprint density at radius 1 is 0.478 bits per heavy atom. The van der Waals surface area contributed by atoms with Crippen LogP contribution in [0.3, 0.4) is 0 Å². The molecule has 0 spiro atoms. The van der Waals surface area contributed by atoms with Crippen LogP contribution in [0.5, 0.6) is 11.5 Å². The van der Waals surface area contributed by atoms with Crippen molar-refractivity contribution >= 4 is 127 Å². The molecular weight excluding hydrogens is 1040 g/mol. The van der Waals surface area contributed by atoms with Crippen LogP contribution in [-0.2, 0) is 0 Å². The van der Waals surface area contributed by atoms with Gasteiger partial charge in [0, 0.05) is 14.3 Å². The van der Waals surface area contributed by atoms with Crippen molar-refractivity contribution in [3.8, 4) is 11.5 Å². The van der Waals surface area contributed by atoms with Gasteiger partial charge in [0.1, 0.15) is 33.8 Å². The van der Waals surface area contributed by atoms with E-state index in [1.54, 1.807) is 26.4 Å². The van der Waals surface area contributed by atoms with E-state index in [4.69, 9.17) is 18.3 Å².